The number of carbonyl (C=O) groups is 1. The lowest BCUT2D eigenvalue weighted by Gasteiger charge is -2.34. The number of β-amino-alcohol motifs (C(OH)–C–C–N with tert-alkyl or cyclic N) is 2. The summed E-state index contributed by atoms with van der Waals surface area (Å²) < 4.78 is 66.3. The average Bonchev–Trinajstić information content (AvgIpc) is 3.32. The maximum absolute atomic E-state index is 13.2. The minimum atomic E-state index is -4.59. The van der Waals surface area contributed by atoms with Crippen molar-refractivity contribution in [2.24, 2.45) is 0 Å². The van der Waals surface area contributed by atoms with Crippen LogP contribution in [0.2, 0.25) is 0 Å². The van der Waals surface area contributed by atoms with Crippen LogP contribution < -0.4 is 10.6 Å². The Morgan fingerprint density at radius 3 is 2.53 bits per heavy atom. The number of nitrogens with zero attached hydrogens (tertiary/aromatic N) is 1. The maximum atomic E-state index is 13.2. The number of thiophene rings is 1. The van der Waals surface area contributed by atoms with E-state index in [2.05, 4.69) is 10.6 Å². The van der Waals surface area contributed by atoms with Crippen LogP contribution in [0, 0.1) is 0 Å². The van der Waals surface area contributed by atoms with Gasteiger partial charge in [-0.1, -0.05) is 23.9 Å². The summed E-state index contributed by atoms with van der Waals surface area (Å²) in [4.78, 5) is 12.5. The molecule has 8 nitrogen and oxygen atoms in total. The number of aliphatic hydroxyl groups is 2. The van der Waals surface area contributed by atoms with Gasteiger partial charge in [-0.3, -0.25) is 0 Å². The Morgan fingerprint density at radius 1 is 1.08 bits per heavy atom. The number of alkyl halides is 3. The number of amides is 2. The molecule has 0 saturated carbocycles. The molecular weight excluding hydrogens is 539 g/mol. The quantitative estimate of drug-likeness (QED) is 0.343. The number of urea groups is 1. The van der Waals surface area contributed by atoms with Gasteiger partial charge in [0.05, 0.1) is 22.7 Å². The van der Waals surface area contributed by atoms with Crippen molar-refractivity contribution in [2.45, 2.75) is 16.2 Å². The van der Waals surface area contributed by atoms with Gasteiger partial charge in [-0.2, -0.15) is 28.8 Å². The second kappa shape index (κ2) is 10.0. The fraction of sp³-hybridized carbons (Fsp3) is 0.227. The molecule has 36 heavy (non-hydrogen) atoms. The van der Waals surface area contributed by atoms with Crippen LogP contribution in [0.5, 0.6) is 0 Å². The molecule has 1 aliphatic rings. The number of halogens is 3. The lowest BCUT2D eigenvalue weighted by atomic mass is 10.1. The average molecular weight is 560 g/mol. The lowest BCUT2D eigenvalue weighted by molar-refractivity contribution is -0.137. The number of carbonyl (C=O) groups excluding carboxylic acids is 1. The highest BCUT2D eigenvalue weighted by atomic mass is 32.2. The van der Waals surface area contributed by atoms with Gasteiger partial charge in [0.25, 0.3) is 0 Å². The minimum Gasteiger partial charge on any atom is -0.356 e. The molecule has 4 rings (SSSR count). The van der Waals surface area contributed by atoms with E-state index in [-0.39, 0.29) is 28.6 Å². The first-order valence-electron chi connectivity index (χ1n) is 10.4. The third-order valence-electron chi connectivity index (χ3n) is 5.21. The molecule has 0 spiro atoms. The molecule has 1 fully saturated rings. The van der Waals surface area contributed by atoms with Crippen LogP contribution >= 0.6 is 23.1 Å². The van der Waals surface area contributed by atoms with Crippen LogP contribution in [0.1, 0.15) is 5.56 Å². The van der Waals surface area contributed by atoms with Crippen molar-refractivity contribution in [2.75, 3.05) is 29.5 Å². The van der Waals surface area contributed by atoms with Gasteiger partial charge in [0.15, 0.2) is 0 Å². The molecule has 192 valence electrons. The first-order chi connectivity index (χ1) is 16.8. The van der Waals surface area contributed by atoms with Crippen LogP contribution in [-0.4, -0.2) is 52.9 Å². The van der Waals surface area contributed by atoms with Crippen molar-refractivity contribution in [1.82, 2.24) is 4.31 Å². The van der Waals surface area contributed by atoms with Crippen molar-refractivity contribution in [3.63, 3.8) is 0 Å². The maximum Gasteiger partial charge on any atom is 0.416 e. The van der Waals surface area contributed by atoms with E-state index < -0.39 is 39.5 Å². The second-order valence-corrected chi connectivity index (χ2v) is 11.9. The predicted octanol–water partition coefficient (Wildman–Crippen LogP) is 4.45. The van der Waals surface area contributed by atoms with Crippen molar-refractivity contribution in [3.8, 4) is 11.1 Å². The zero-order valence-electron chi connectivity index (χ0n) is 18.3. The Kier molecular flexibility index (Phi) is 7.37. The molecule has 0 atom stereocenters. The van der Waals surface area contributed by atoms with E-state index in [0.717, 1.165) is 34.3 Å². The highest BCUT2D eigenvalue weighted by Crippen LogP contribution is 2.35. The molecular formula is C22H20F3N3O5S3. The van der Waals surface area contributed by atoms with E-state index in [1.807, 2.05) is 0 Å². The first-order valence-corrected chi connectivity index (χ1v) is 13.7. The molecule has 0 bridgehead atoms. The molecule has 2 amide bonds. The SMILES string of the molecule is O=C(Nc1cccc(C(F)(F)F)c1)Nc1cc(S(=O)(=O)N2CCSC(O)(O)C2)ccc1-c1ccsc1. The molecule has 3 aromatic rings. The normalized spacial score (nSPS) is 16.5. The summed E-state index contributed by atoms with van der Waals surface area (Å²) in [6, 6.07) is 9.06. The summed E-state index contributed by atoms with van der Waals surface area (Å²) in [6.45, 7) is -0.480. The van der Waals surface area contributed by atoms with Crippen LogP contribution in [0.3, 0.4) is 0 Å². The highest BCUT2D eigenvalue weighted by molar-refractivity contribution is 8.00. The summed E-state index contributed by atoms with van der Waals surface area (Å²) in [6.07, 6.45) is -4.59. The molecule has 4 N–H and O–H groups in total. The number of sulfonamides is 1. The van der Waals surface area contributed by atoms with Crippen LogP contribution in [0.25, 0.3) is 11.1 Å². The van der Waals surface area contributed by atoms with Crippen molar-refractivity contribution < 1.29 is 36.6 Å². The van der Waals surface area contributed by atoms with E-state index in [4.69, 9.17) is 0 Å². The lowest BCUT2D eigenvalue weighted by Crippen LogP contribution is -2.48. The number of hydrogen-bond donors (Lipinski definition) is 4. The van der Waals surface area contributed by atoms with Crippen LogP contribution in [0.15, 0.2) is 64.2 Å². The predicted molar refractivity (Wildman–Crippen MR) is 132 cm³/mol. The standard InChI is InChI=1S/C22H20F3N3O5S3/c23-22(24,25)15-2-1-3-16(10-15)26-20(29)27-19-11-17(4-5-18(19)14-6-8-34-12-14)36(32,33)28-7-9-35-21(30,31)13-28/h1-6,8,10-12,30-31H,7,9,13H2,(H2,26,27,29). The molecule has 0 aliphatic carbocycles. The number of benzene rings is 2. The summed E-state index contributed by atoms with van der Waals surface area (Å²) >= 11 is 2.20. The molecule has 1 saturated heterocycles. The van der Waals surface area contributed by atoms with Gasteiger partial charge in [-0.05, 0) is 52.7 Å². The fourth-order valence-corrected chi connectivity index (χ4v) is 6.76. The van der Waals surface area contributed by atoms with Gasteiger partial charge < -0.3 is 20.8 Å². The van der Waals surface area contributed by atoms with Crippen molar-refractivity contribution in [1.29, 1.82) is 0 Å². The third kappa shape index (κ3) is 6.02. The zero-order valence-corrected chi connectivity index (χ0v) is 20.8. The summed E-state index contributed by atoms with van der Waals surface area (Å²) in [5, 5.41) is 26.0. The van der Waals surface area contributed by atoms with Crippen molar-refractivity contribution >= 4 is 50.5 Å². The second-order valence-electron chi connectivity index (χ2n) is 7.81. The number of rotatable bonds is 5. The molecule has 2 heterocycles. The van der Waals surface area contributed by atoms with Gasteiger partial charge >= 0.3 is 12.2 Å². The van der Waals surface area contributed by atoms with E-state index in [9.17, 15) is 36.6 Å². The summed E-state index contributed by atoms with van der Waals surface area (Å²) in [7, 11) is -4.15. The Hall–Kier alpha value is -2.62. The van der Waals surface area contributed by atoms with E-state index in [1.165, 1.54) is 35.6 Å². The van der Waals surface area contributed by atoms with Gasteiger partial charge in [0, 0.05) is 23.5 Å². The van der Waals surface area contributed by atoms with E-state index >= 15 is 0 Å². The first kappa shape index (κ1) is 26.4. The van der Waals surface area contributed by atoms with Gasteiger partial charge in [-0.25, -0.2) is 13.2 Å². The minimum absolute atomic E-state index is 0.0565. The molecule has 14 heteroatoms. The van der Waals surface area contributed by atoms with Crippen LogP contribution in [-0.2, 0) is 16.2 Å². The molecule has 2 aromatic carbocycles. The highest BCUT2D eigenvalue weighted by Gasteiger charge is 2.38. The number of hydrogen-bond acceptors (Lipinski definition) is 7. The van der Waals surface area contributed by atoms with E-state index in [0.29, 0.717) is 11.1 Å². The third-order valence-corrected chi connectivity index (χ3v) is 8.72. The monoisotopic (exact) mass is 559 g/mol. The fourth-order valence-electron chi connectivity index (χ4n) is 3.53. The topological polar surface area (TPSA) is 119 Å². The van der Waals surface area contributed by atoms with Gasteiger partial charge in [-0.15, -0.1) is 0 Å². The Morgan fingerprint density at radius 2 is 1.86 bits per heavy atom. The summed E-state index contributed by atoms with van der Waals surface area (Å²) in [5.41, 5.74) is 0.247. The van der Waals surface area contributed by atoms with Crippen molar-refractivity contribution in [3.05, 3.63) is 64.9 Å². The van der Waals surface area contributed by atoms with Crippen LogP contribution in [0.4, 0.5) is 29.3 Å². The van der Waals surface area contributed by atoms with E-state index in [1.54, 1.807) is 16.8 Å². The Bertz CT molecular complexity index is 1360. The molecule has 0 unspecified atom stereocenters. The van der Waals surface area contributed by atoms with Gasteiger partial charge in [0.2, 0.25) is 15.1 Å². The number of anilines is 2. The summed E-state index contributed by atoms with van der Waals surface area (Å²) in [5.74, 6) is 0.170. The Labute approximate surface area is 212 Å². The zero-order chi connectivity index (χ0) is 26.1. The molecule has 1 aliphatic heterocycles. The largest absolute Gasteiger partial charge is 0.416 e. The number of nitrogens with one attached hydrogen (secondary N) is 2. The smallest absolute Gasteiger partial charge is 0.356 e. The number of thioether (sulfide) groups is 1. The Balaban J connectivity index is 1.64. The molecule has 1 aromatic heterocycles. The molecule has 0 radical (unpaired) electrons. The van der Waals surface area contributed by atoms with Gasteiger partial charge in [0.1, 0.15) is 0 Å².